The quantitative estimate of drug-likeness (QED) is 0.854. The number of carbonyl (C=O) groups excluding carboxylic acids is 1. The van der Waals surface area contributed by atoms with Crippen LogP contribution < -0.4 is 10.2 Å². The fourth-order valence-corrected chi connectivity index (χ4v) is 2.32. The van der Waals surface area contributed by atoms with Gasteiger partial charge in [0, 0.05) is 6.42 Å². The Morgan fingerprint density at radius 2 is 1.77 bits per heavy atom. The fraction of sp³-hybridized carbons (Fsp3) is 0.222. The van der Waals surface area contributed by atoms with Crippen LogP contribution in [0.5, 0.6) is 5.75 Å². The van der Waals surface area contributed by atoms with E-state index in [9.17, 15) is 4.79 Å². The third-order valence-corrected chi connectivity index (χ3v) is 3.56. The molecule has 22 heavy (non-hydrogen) atoms. The molecular formula is C18H18N2O2. The van der Waals surface area contributed by atoms with E-state index in [1.54, 1.807) is 0 Å². The lowest BCUT2D eigenvalue weighted by molar-refractivity contribution is -0.112. The Bertz CT molecular complexity index is 663. The first-order valence-electron chi connectivity index (χ1n) is 7.44. The molecule has 112 valence electrons. The van der Waals surface area contributed by atoms with Crippen LogP contribution in [-0.2, 0) is 11.4 Å². The van der Waals surface area contributed by atoms with Gasteiger partial charge in [-0.3, -0.25) is 10.2 Å². The van der Waals surface area contributed by atoms with Gasteiger partial charge in [0.1, 0.15) is 18.1 Å². The van der Waals surface area contributed by atoms with E-state index in [4.69, 9.17) is 4.74 Å². The number of ketones is 1. The van der Waals surface area contributed by atoms with Crippen LogP contribution in [0.4, 0.5) is 5.69 Å². The van der Waals surface area contributed by atoms with Crippen LogP contribution in [-0.4, -0.2) is 11.5 Å². The van der Waals surface area contributed by atoms with Crippen molar-refractivity contribution in [1.82, 2.24) is 0 Å². The average molecular weight is 294 g/mol. The maximum Gasteiger partial charge on any atom is 0.178 e. The van der Waals surface area contributed by atoms with Crippen molar-refractivity contribution in [2.75, 3.05) is 5.43 Å². The Balaban J connectivity index is 1.55. The van der Waals surface area contributed by atoms with E-state index in [2.05, 4.69) is 10.5 Å². The van der Waals surface area contributed by atoms with E-state index < -0.39 is 0 Å². The Hall–Kier alpha value is -2.62. The standard InChI is InChI=1S/C18H18N2O2/c21-18-8-4-7-17(18)20-19-15-9-11-16(12-10-15)22-13-14-5-2-1-3-6-14/h1-3,5-6,9-12,19H,4,7-8,13H2. The topological polar surface area (TPSA) is 50.7 Å². The number of ether oxygens (including phenoxy) is 1. The third kappa shape index (κ3) is 3.73. The van der Waals surface area contributed by atoms with E-state index in [0.29, 0.717) is 18.7 Å². The lowest BCUT2D eigenvalue weighted by Gasteiger charge is -2.07. The zero-order valence-corrected chi connectivity index (χ0v) is 12.3. The van der Waals surface area contributed by atoms with Crippen molar-refractivity contribution in [2.24, 2.45) is 5.10 Å². The summed E-state index contributed by atoms with van der Waals surface area (Å²) >= 11 is 0. The molecule has 0 radical (unpaired) electrons. The van der Waals surface area contributed by atoms with Gasteiger partial charge in [-0.2, -0.15) is 5.10 Å². The first-order valence-corrected chi connectivity index (χ1v) is 7.44. The highest BCUT2D eigenvalue weighted by atomic mass is 16.5. The summed E-state index contributed by atoms with van der Waals surface area (Å²) < 4.78 is 5.72. The molecule has 4 nitrogen and oxygen atoms in total. The molecular weight excluding hydrogens is 276 g/mol. The van der Waals surface area contributed by atoms with E-state index in [0.717, 1.165) is 29.8 Å². The summed E-state index contributed by atoms with van der Waals surface area (Å²) in [4.78, 5) is 11.5. The van der Waals surface area contributed by atoms with E-state index in [-0.39, 0.29) is 5.78 Å². The van der Waals surface area contributed by atoms with Gasteiger partial charge in [-0.1, -0.05) is 30.3 Å². The largest absolute Gasteiger partial charge is 0.489 e. The fourth-order valence-electron chi connectivity index (χ4n) is 2.32. The summed E-state index contributed by atoms with van der Waals surface area (Å²) in [6, 6.07) is 17.6. The highest BCUT2D eigenvalue weighted by Gasteiger charge is 2.18. The molecule has 4 heteroatoms. The van der Waals surface area contributed by atoms with Crippen molar-refractivity contribution in [3.63, 3.8) is 0 Å². The molecule has 3 rings (SSSR count). The Kier molecular flexibility index (Phi) is 4.49. The van der Waals surface area contributed by atoms with E-state index in [1.807, 2.05) is 54.6 Å². The molecule has 0 aromatic heterocycles. The van der Waals surface area contributed by atoms with Crippen molar-refractivity contribution in [1.29, 1.82) is 0 Å². The zero-order chi connectivity index (χ0) is 15.2. The number of anilines is 1. The lowest BCUT2D eigenvalue weighted by atomic mass is 10.2. The normalized spacial score (nSPS) is 16.0. The van der Waals surface area contributed by atoms with Gasteiger partial charge < -0.3 is 4.74 Å². The molecule has 0 atom stereocenters. The SMILES string of the molecule is O=C1CCCC1=NNc1ccc(OCc2ccccc2)cc1. The van der Waals surface area contributed by atoms with Crippen molar-refractivity contribution in [3.05, 3.63) is 60.2 Å². The molecule has 0 heterocycles. The molecule has 1 N–H and O–H groups in total. The summed E-state index contributed by atoms with van der Waals surface area (Å²) in [5, 5.41) is 4.17. The highest BCUT2D eigenvalue weighted by molar-refractivity contribution is 6.41. The van der Waals surface area contributed by atoms with Crippen LogP contribution in [0.15, 0.2) is 59.7 Å². The van der Waals surface area contributed by atoms with Gasteiger partial charge in [0.05, 0.1) is 5.69 Å². The lowest BCUT2D eigenvalue weighted by Crippen LogP contribution is -2.07. The first kappa shape index (κ1) is 14.3. The van der Waals surface area contributed by atoms with Gasteiger partial charge in [0.2, 0.25) is 0 Å². The summed E-state index contributed by atoms with van der Waals surface area (Å²) in [5.74, 6) is 0.953. The van der Waals surface area contributed by atoms with Gasteiger partial charge >= 0.3 is 0 Å². The van der Waals surface area contributed by atoms with Gasteiger partial charge in [0.15, 0.2) is 5.78 Å². The third-order valence-electron chi connectivity index (χ3n) is 3.56. The molecule has 2 aromatic carbocycles. The van der Waals surface area contributed by atoms with E-state index in [1.165, 1.54) is 0 Å². The number of hydrogen-bond acceptors (Lipinski definition) is 4. The number of Topliss-reactive ketones (excluding diaryl/α,β-unsaturated/α-hetero) is 1. The minimum atomic E-state index is 0.148. The second-order valence-electron chi connectivity index (χ2n) is 5.25. The number of rotatable bonds is 5. The minimum absolute atomic E-state index is 0.148. The minimum Gasteiger partial charge on any atom is -0.489 e. The van der Waals surface area contributed by atoms with Crippen molar-refractivity contribution in [3.8, 4) is 5.75 Å². The molecule has 0 unspecified atom stereocenters. The number of hydrazone groups is 1. The predicted octanol–water partition coefficient (Wildman–Crippen LogP) is 3.79. The van der Waals surface area contributed by atoms with Crippen molar-refractivity contribution >= 4 is 17.2 Å². The number of nitrogens with one attached hydrogen (secondary N) is 1. The van der Waals surface area contributed by atoms with Gasteiger partial charge in [-0.05, 0) is 42.7 Å². The molecule has 1 saturated carbocycles. The molecule has 0 saturated heterocycles. The summed E-state index contributed by atoms with van der Waals surface area (Å²) in [6.07, 6.45) is 2.29. The van der Waals surface area contributed by atoms with Crippen LogP contribution in [0.2, 0.25) is 0 Å². The molecule has 0 amide bonds. The molecule has 1 fully saturated rings. The first-order chi connectivity index (χ1) is 10.8. The van der Waals surface area contributed by atoms with Gasteiger partial charge in [-0.25, -0.2) is 0 Å². The monoisotopic (exact) mass is 294 g/mol. The average Bonchev–Trinajstić information content (AvgIpc) is 2.98. The maximum atomic E-state index is 11.5. The molecule has 0 bridgehead atoms. The van der Waals surface area contributed by atoms with Crippen LogP contribution in [0.1, 0.15) is 24.8 Å². The number of carbonyl (C=O) groups is 1. The number of benzene rings is 2. The number of hydrogen-bond donors (Lipinski definition) is 1. The second kappa shape index (κ2) is 6.89. The molecule has 1 aliphatic carbocycles. The molecule has 1 aliphatic rings. The Labute approximate surface area is 129 Å². The Morgan fingerprint density at radius 1 is 1.00 bits per heavy atom. The molecule has 0 spiro atoms. The molecule has 2 aromatic rings. The van der Waals surface area contributed by atoms with Crippen LogP contribution >= 0.6 is 0 Å². The smallest absolute Gasteiger partial charge is 0.178 e. The maximum absolute atomic E-state index is 11.5. The van der Waals surface area contributed by atoms with Crippen LogP contribution in [0.3, 0.4) is 0 Å². The summed E-state index contributed by atoms with van der Waals surface area (Å²) in [6.45, 7) is 0.546. The van der Waals surface area contributed by atoms with Crippen molar-refractivity contribution in [2.45, 2.75) is 25.9 Å². The van der Waals surface area contributed by atoms with Gasteiger partial charge in [-0.15, -0.1) is 0 Å². The predicted molar refractivity (Wildman–Crippen MR) is 87.1 cm³/mol. The summed E-state index contributed by atoms with van der Waals surface area (Å²) in [5.41, 5.74) is 5.55. The van der Waals surface area contributed by atoms with E-state index >= 15 is 0 Å². The van der Waals surface area contributed by atoms with Crippen molar-refractivity contribution < 1.29 is 9.53 Å². The second-order valence-corrected chi connectivity index (χ2v) is 5.25. The zero-order valence-electron chi connectivity index (χ0n) is 12.3. The number of nitrogens with zero attached hydrogens (tertiary/aromatic N) is 1. The Morgan fingerprint density at radius 3 is 2.45 bits per heavy atom. The van der Waals surface area contributed by atoms with Crippen LogP contribution in [0, 0.1) is 0 Å². The van der Waals surface area contributed by atoms with Crippen LogP contribution in [0.25, 0.3) is 0 Å². The van der Waals surface area contributed by atoms with Gasteiger partial charge in [0.25, 0.3) is 0 Å². The molecule has 0 aliphatic heterocycles. The highest BCUT2D eigenvalue weighted by Crippen LogP contribution is 2.18. The summed E-state index contributed by atoms with van der Waals surface area (Å²) in [7, 11) is 0.